The highest BCUT2D eigenvalue weighted by atomic mass is 32.2. The number of allylic oxidation sites excluding steroid dienone is 4. The van der Waals surface area contributed by atoms with Crippen LogP contribution >= 0.6 is 11.8 Å². The molecule has 0 rings (SSSR count). The molecule has 5 heteroatoms. The van der Waals surface area contributed by atoms with Gasteiger partial charge < -0.3 is 4.79 Å². The molecule has 0 saturated carbocycles. The first-order valence-corrected chi connectivity index (χ1v) is 6.76. The fraction of sp³-hybridized carbons (Fsp3) is 0.615. The van der Waals surface area contributed by atoms with E-state index in [0.717, 1.165) is 36.5 Å². The molecule has 0 aliphatic rings. The molecule has 0 atom stereocenters. The monoisotopic (exact) mass is 280 g/mol. The van der Waals surface area contributed by atoms with Crippen LogP contribution in [0.15, 0.2) is 22.6 Å². The van der Waals surface area contributed by atoms with Gasteiger partial charge in [0.1, 0.15) is 5.78 Å². The van der Waals surface area contributed by atoms with Gasteiger partial charge >= 0.3 is 6.18 Å². The number of hydrogen-bond acceptors (Lipinski definition) is 2. The van der Waals surface area contributed by atoms with Gasteiger partial charge in [-0.3, -0.25) is 0 Å². The predicted octanol–water partition coefficient (Wildman–Crippen LogP) is 4.89. The van der Waals surface area contributed by atoms with Crippen molar-refractivity contribution < 1.29 is 18.0 Å². The van der Waals surface area contributed by atoms with Crippen LogP contribution in [0.5, 0.6) is 0 Å². The molecular weight excluding hydrogens is 261 g/mol. The van der Waals surface area contributed by atoms with Gasteiger partial charge in [0.05, 0.1) is 0 Å². The van der Waals surface area contributed by atoms with E-state index in [4.69, 9.17) is 0 Å². The summed E-state index contributed by atoms with van der Waals surface area (Å²) in [7, 11) is 0. The molecule has 0 unspecified atom stereocenters. The van der Waals surface area contributed by atoms with E-state index in [1.807, 2.05) is 0 Å². The number of thioether (sulfide) groups is 1. The van der Waals surface area contributed by atoms with Crippen molar-refractivity contribution in [2.75, 3.05) is 5.75 Å². The predicted molar refractivity (Wildman–Crippen MR) is 70.6 cm³/mol. The molecule has 0 spiro atoms. The second-order valence-corrected chi connectivity index (χ2v) is 5.47. The van der Waals surface area contributed by atoms with E-state index in [1.54, 1.807) is 13.8 Å². The Morgan fingerprint density at radius 1 is 1.11 bits per heavy atom. The highest BCUT2D eigenvalue weighted by molar-refractivity contribution is 8.03. The fourth-order valence-corrected chi connectivity index (χ4v) is 1.93. The Balaban J connectivity index is 3.96. The highest BCUT2D eigenvalue weighted by Gasteiger charge is 2.29. The van der Waals surface area contributed by atoms with Gasteiger partial charge in [-0.15, -0.1) is 11.8 Å². The first-order valence-electron chi connectivity index (χ1n) is 5.78. The summed E-state index contributed by atoms with van der Waals surface area (Å²) in [6.07, 6.45) is 0.653. The van der Waals surface area contributed by atoms with E-state index < -0.39 is 11.7 Å². The SMILES string of the molecule is CC(=O)CCCCS/C(C)=C/C=C(\C)C(F)(F)F. The summed E-state index contributed by atoms with van der Waals surface area (Å²) in [5.41, 5.74) is -0.598. The molecule has 104 valence electrons. The van der Waals surface area contributed by atoms with Gasteiger partial charge in [0.15, 0.2) is 0 Å². The summed E-state index contributed by atoms with van der Waals surface area (Å²) in [5.74, 6) is 1.00. The molecule has 0 aliphatic heterocycles. The number of Topliss-reactive ketones (excluding diaryl/α,β-unsaturated/α-hetero) is 1. The Bertz CT molecular complexity index is 330. The number of rotatable bonds is 7. The maximum atomic E-state index is 12.2. The van der Waals surface area contributed by atoms with Crippen molar-refractivity contribution in [2.24, 2.45) is 0 Å². The Morgan fingerprint density at radius 3 is 2.22 bits per heavy atom. The Labute approximate surface area is 111 Å². The lowest BCUT2D eigenvalue weighted by Crippen LogP contribution is -2.08. The van der Waals surface area contributed by atoms with Gasteiger partial charge in [-0.25, -0.2) is 0 Å². The van der Waals surface area contributed by atoms with Gasteiger partial charge in [-0.1, -0.05) is 12.2 Å². The van der Waals surface area contributed by atoms with Crippen LogP contribution in [-0.2, 0) is 4.79 Å². The number of unbranched alkanes of at least 4 members (excludes halogenated alkanes) is 1. The van der Waals surface area contributed by atoms with Crippen LogP contribution in [0.3, 0.4) is 0 Å². The lowest BCUT2D eigenvalue weighted by molar-refractivity contribution is -0.117. The molecule has 0 heterocycles. The van der Waals surface area contributed by atoms with Crippen LogP contribution in [0.1, 0.15) is 40.0 Å². The third-order valence-electron chi connectivity index (χ3n) is 2.27. The van der Waals surface area contributed by atoms with Crippen molar-refractivity contribution in [1.82, 2.24) is 0 Å². The zero-order chi connectivity index (χ0) is 14.2. The van der Waals surface area contributed by atoms with E-state index in [-0.39, 0.29) is 5.78 Å². The van der Waals surface area contributed by atoms with Crippen molar-refractivity contribution in [1.29, 1.82) is 0 Å². The first kappa shape index (κ1) is 17.3. The minimum atomic E-state index is -4.25. The second-order valence-electron chi connectivity index (χ2n) is 4.13. The number of halogens is 3. The number of hydrogen-bond donors (Lipinski definition) is 0. The quantitative estimate of drug-likeness (QED) is 0.488. The fourth-order valence-electron chi connectivity index (χ4n) is 1.09. The maximum Gasteiger partial charge on any atom is 0.412 e. The molecule has 0 saturated heterocycles. The molecule has 1 nitrogen and oxygen atoms in total. The minimum absolute atomic E-state index is 0.177. The lowest BCUT2D eigenvalue weighted by atomic mass is 10.2. The number of carbonyl (C=O) groups is 1. The van der Waals surface area contributed by atoms with Crippen LogP contribution in [0.2, 0.25) is 0 Å². The van der Waals surface area contributed by atoms with Crippen molar-refractivity contribution >= 4 is 17.5 Å². The van der Waals surface area contributed by atoms with E-state index in [2.05, 4.69) is 0 Å². The summed E-state index contributed by atoms with van der Waals surface area (Å²) in [5, 5.41) is 0. The zero-order valence-electron chi connectivity index (χ0n) is 10.9. The summed E-state index contributed by atoms with van der Waals surface area (Å²) in [6.45, 7) is 4.40. The Morgan fingerprint density at radius 2 is 1.72 bits per heavy atom. The lowest BCUT2D eigenvalue weighted by Gasteiger charge is -2.05. The minimum Gasteiger partial charge on any atom is -0.300 e. The molecule has 0 aromatic heterocycles. The normalized spacial score (nSPS) is 13.9. The van der Waals surface area contributed by atoms with Gasteiger partial charge in [0.25, 0.3) is 0 Å². The van der Waals surface area contributed by atoms with E-state index >= 15 is 0 Å². The molecule has 0 fully saturated rings. The van der Waals surface area contributed by atoms with Crippen LogP contribution in [0.4, 0.5) is 13.2 Å². The molecular formula is C13H19F3OS. The van der Waals surface area contributed by atoms with Crippen LogP contribution in [0.25, 0.3) is 0 Å². The average Bonchev–Trinajstić information content (AvgIpc) is 2.23. The zero-order valence-corrected chi connectivity index (χ0v) is 11.8. The summed E-state index contributed by atoms with van der Waals surface area (Å²) in [4.78, 5) is 11.5. The third kappa shape index (κ3) is 9.33. The number of carbonyl (C=O) groups excluding carboxylic acids is 1. The molecule has 18 heavy (non-hydrogen) atoms. The first-order chi connectivity index (χ1) is 8.23. The summed E-state index contributed by atoms with van der Waals surface area (Å²) in [6, 6.07) is 0. The molecule has 0 radical (unpaired) electrons. The molecule has 0 aromatic rings. The highest BCUT2D eigenvalue weighted by Crippen LogP contribution is 2.25. The summed E-state index contributed by atoms with van der Waals surface area (Å²) < 4.78 is 36.6. The number of ketones is 1. The molecule has 0 bridgehead atoms. The van der Waals surface area contributed by atoms with Gasteiger partial charge in [-0.05, 0) is 44.3 Å². The third-order valence-corrected chi connectivity index (χ3v) is 3.35. The van der Waals surface area contributed by atoms with Crippen molar-refractivity contribution in [3.63, 3.8) is 0 Å². The largest absolute Gasteiger partial charge is 0.412 e. The van der Waals surface area contributed by atoms with Crippen LogP contribution in [0, 0.1) is 0 Å². The van der Waals surface area contributed by atoms with Crippen molar-refractivity contribution in [3.8, 4) is 0 Å². The second kappa shape index (κ2) is 8.40. The molecule has 0 aliphatic carbocycles. The maximum absolute atomic E-state index is 12.2. The van der Waals surface area contributed by atoms with Crippen LogP contribution in [-0.4, -0.2) is 17.7 Å². The molecule has 0 amide bonds. The van der Waals surface area contributed by atoms with Crippen LogP contribution < -0.4 is 0 Å². The summed E-state index contributed by atoms with van der Waals surface area (Å²) >= 11 is 1.52. The Kier molecular flexibility index (Phi) is 8.07. The Hall–Kier alpha value is -0.710. The van der Waals surface area contributed by atoms with E-state index in [0.29, 0.717) is 6.42 Å². The number of alkyl halides is 3. The molecule has 0 N–H and O–H groups in total. The molecule has 0 aromatic carbocycles. The topological polar surface area (TPSA) is 17.1 Å². The van der Waals surface area contributed by atoms with Gasteiger partial charge in [0, 0.05) is 12.0 Å². The standard InChI is InChI=1S/C13H19F3OS/c1-10(13(14,15)16)7-8-12(3)18-9-5-4-6-11(2)17/h7-8H,4-6,9H2,1-3H3/b10-7+,12-8+. The van der Waals surface area contributed by atoms with Crippen molar-refractivity contribution in [2.45, 2.75) is 46.2 Å². The average molecular weight is 280 g/mol. The van der Waals surface area contributed by atoms with E-state index in [1.165, 1.54) is 17.8 Å². The van der Waals surface area contributed by atoms with E-state index in [9.17, 15) is 18.0 Å². The van der Waals surface area contributed by atoms with Gasteiger partial charge in [0.2, 0.25) is 0 Å². The van der Waals surface area contributed by atoms with Gasteiger partial charge in [-0.2, -0.15) is 13.2 Å². The van der Waals surface area contributed by atoms with Crippen molar-refractivity contribution in [3.05, 3.63) is 22.6 Å². The smallest absolute Gasteiger partial charge is 0.300 e.